The van der Waals surface area contributed by atoms with E-state index in [1.807, 2.05) is 12.1 Å². The second-order valence-corrected chi connectivity index (χ2v) is 9.40. The maximum atomic E-state index is 10.3. The molecule has 1 aromatic carbocycles. The number of nitrogens with one attached hydrogen (secondary N) is 1. The van der Waals surface area contributed by atoms with Crippen molar-refractivity contribution < 1.29 is 9.84 Å². The first-order valence-electron chi connectivity index (χ1n) is 10.8. The molecule has 1 saturated heterocycles. The highest BCUT2D eigenvalue weighted by Crippen LogP contribution is 2.26. The molecule has 0 bridgehead atoms. The second kappa shape index (κ2) is 9.40. The van der Waals surface area contributed by atoms with Gasteiger partial charge in [-0.2, -0.15) is 0 Å². The fraction of sp³-hybridized carbons (Fsp3) is 0.739. The largest absolute Gasteiger partial charge is 0.491 e. The second-order valence-electron chi connectivity index (χ2n) is 9.40. The van der Waals surface area contributed by atoms with Crippen LogP contribution in [-0.4, -0.2) is 54.4 Å². The van der Waals surface area contributed by atoms with E-state index in [0.717, 1.165) is 11.8 Å². The number of likely N-dealkylation sites (tertiary alicyclic amines) is 1. The molecule has 1 heterocycles. The van der Waals surface area contributed by atoms with E-state index in [1.54, 1.807) is 0 Å². The normalized spacial score (nSPS) is 21.5. The van der Waals surface area contributed by atoms with Crippen molar-refractivity contribution in [2.24, 2.45) is 0 Å². The molecule has 1 saturated carbocycles. The third-order valence-corrected chi connectivity index (χ3v) is 6.18. The van der Waals surface area contributed by atoms with Crippen LogP contribution >= 0.6 is 0 Å². The average Bonchev–Trinajstić information content (AvgIpc) is 3.19. The van der Waals surface area contributed by atoms with Crippen LogP contribution in [0.5, 0.6) is 5.75 Å². The number of benzene rings is 1. The molecule has 1 atom stereocenters. The van der Waals surface area contributed by atoms with Gasteiger partial charge in [0.15, 0.2) is 0 Å². The SMILES string of the molecule is CC(C)(C)c1ccc(OCC(O)CNC2CCN(C3CCCC3)CC2)cc1. The van der Waals surface area contributed by atoms with Gasteiger partial charge in [-0.3, -0.25) is 0 Å². The number of hydrogen-bond donors (Lipinski definition) is 2. The van der Waals surface area contributed by atoms with Crippen LogP contribution in [0.3, 0.4) is 0 Å². The Morgan fingerprint density at radius 3 is 2.30 bits per heavy atom. The van der Waals surface area contributed by atoms with Gasteiger partial charge in [0, 0.05) is 18.6 Å². The van der Waals surface area contributed by atoms with Crippen molar-refractivity contribution in [1.29, 1.82) is 0 Å². The van der Waals surface area contributed by atoms with Crippen LogP contribution in [0.2, 0.25) is 0 Å². The first-order chi connectivity index (χ1) is 12.9. The Labute approximate surface area is 165 Å². The zero-order chi connectivity index (χ0) is 19.3. The minimum absolute atomic E-state index is 0.148. The first-order valence-corrected chi connectivity index (χ1v) is 10.8. The predicted molar refractivity (Wildman–Crippen MR) is 111 cm³/mol. The van der Waals surface area contributed by atoms with E-state index in [1.165, 1.54) is 57.2 Å². The van der Waals surface area contributed by atoms with E-state index in [-0.39, 0.29) is 5.41 Å². The van der Waals surface area contributed by atoms with Gasteiger partial charge in [-0.1, -0.05) is 45.7 Å². The van der Waals surface area contributed by atoms with Crippen LogP contribution in [0.1, 0.15) is 64.9 Å². The van der Waals surface area contributed by atoms with Crippen molar-refractivity contribution in [2.75, 3.05) is 26.2 Å². The quantitative estimate of drug-likeness (QED) is 0.763. The Bertz CT molecular complexity index is 553. The lowest BCUT2D eigenvalue weighted by Crippen LogP contribution is -2.47. The topological polar surface area (TPSA) is 44.7 Å². The third kappa shape index (κ3) is 6.20. The van der Waals surface area contributed by atoms with Gasteiger partial charge in [-0.15, -0.1) is 0 Å². The number of rotatable bonds is 7. The Balaban J connectivity index is 1.32. The Kier molecular flexibility index (Phi) is 7.18. The van der Waals surface area contributed by atoms with E-state index in [9.17, 15) is 5.11 Å². The zero-order valence-corrected chi connectivity index (χ0v) is 17.4. The molecule has 152 valence electrons. The zero-order valence-electron chi connectivity index (χ0n) is 17.4. The van der Waals surface area contributed by atoms with Gasteiger partial charge >= 0.3 is 0 Å². The maximum absolute atomic E-state index is 10.3. The van der Waals surface area contributed by atoms with Crippen molar-refractivity contribution in [2.45, 2.75) is 82.9 Å². The van der Waals surface area contributed by atoms with Crippen molar-refractivity contribution in [3.8, 4) is 5.75 Å². The van der Waals surface area contributed by atoms with Gasteiger partial charge in [0.2, 0.25) is 0 Å². The van der Waals surface area contributed by atoms with Crippen LogP contribution < -0.4 is 10.1 Å². The smallest absolute Gasteiger partial charge is 0.119 e. The molecule has 2 aliphatic rings. The first kappa shape index (κ1) is 20.6. The number of piperidine rings is 1. The predicted octanol–water partition coefficient (Wildman–Crippen LogP) is 3.72. The molecule has 2 fully saturated rings. The van der Waals surface area contributed by atoms with Gasteiger partial charge in [-0.25, -0.2) is 0 Å². The van der Waals surface area contributed by atoms with Crippen LogP contribution in [0, 0.1) is 0 Å². The van der Waals surface area contributed by atoms with Crippen molar-refractivity contribution in [3.63, 3.8) is 0 Å². The molecule has 0 amide bonds. The van der Waals surface area contributed by atoms with Gasteiger partial charge in [0.1, 0.15) is 18.5 Å². The lowest BCUT2D eigenvalue weighted by molar-refractivity contribution is 0.0943. The van der Waals surface area contributed by atoms with Crippen molar-refractivity contribution >= 4 is 0 Å². The number of hydrogen-bond acceptors (Lipinski definition) is 4. The molecule has 0 spiro atoms. The molecule has 4 nitrogen and oxygen atoms in total. The average molecular weight is 375 g/mol. The highest BCUT2D eigenvalue weighted by molar-refractivity contribution is 5.31. The molecule has 0 aromatic heterocycles. The summed E-state index contributed by atoms with van der Waals surface area (Å²) in [5.74, 6) is 0.826. The van der Waals surface area contributed by atoms with Crippen molar-refractivity contribution in [3.05, 3.63) is 29.8 Å². The minimum atomic E-state index is -0.472. The van der Waals surface area contributed by atoms with Gasteiger partial charge < -0.3 is 20.1 Å². The van der Waals surface area contributed by atoms with Crippen molar-refractivity contribution in [1.82, 2.24) is 10.2 Å². The highest BCUT2D eigenvalue weighted by Gasteiger charge is 2.27. The molecular weight excluding hydrogens is 336 g/mol. The molecule has 1 unspecified atom stereocenters. The molecule has 4 heteroatoms. The fourth-order valence-corrected chi connectivity index (χ4v) is 4.34. The fourth-order valence-electron chi connectivity index (χ4n) is 4.34. The van der Waals surface area contributed by atoms with E-state index < -0.39 is 6.10 Å². The summed E-state index contributed by atoms with van der Waals surface area (Å²) in [5, 5.41) is 13.8. The molecule has 1 aliphatic heterocycles. The standard InChI is InChI=1S/C23H38N2O2/c1-23(2,3)18-8-10-22(11-9-18)27-17-21(26)16-24-19-12-14-25(15-13-19)20-6-4-5-7-20/h8-11,19-21,24,26H,4-7,12-17H2,1-3H3. The van der Waals surface area contributed by atoms with Gasteiger partial charge in [0.25, 0.3) is 0 Å². The Morgan fingerprint density at radius 1 is 1.07 bits per heavy atom. The third-order valence-electron chi connectivity index (χ3n) is 6.18. The molecular formula is C23H38N2O2. The summed E-state index contributed by atoms with van der Waals surface area (Å²) in [7, 11) is 0. The Hall–Kier alpha value is -1.10. The summed E-state index contributed by atoms with van der Waals surface area (Å²) >= 11 is 0. The molecule has 1 aliphatic carbocycles. The van der Waals surface area contributed by atoms with Gasteiger partial charge in [0.05, 0.1) is 0 Å². The molecule has 3 rings (SSSR count). The van der Waals surface area contributed by atoms with Gasteiger partial charge in [-0.05, 0) is 61.9 Å². The summed E-state index contributed by atoms with van der Waals surface area (Å²) in [6, 6.07) is 9.59. The summed E-state index contributed by atoms with van der Waals surface area (Å²) in [4.78, 5) is 2.69. The number of ether oxygens (including phenoxy) is 1. The molecule has 27 heavy (non-hydrogen) atoms. The number of aliphatic hydroxyl groups excluding tert-OH is 1. The maximum Gasteiger partial charge on any atom is 0.119 e. The minimum Gasteiger partial charge on any atom is -0.491 e. The summed E-state index contributed by atoms with van der Waals surface area (Å²) in [6.45, 7) is 9.96. The van der Waals surface area contributed by atoms with Crippen LogP contribution in [0.15, 0.2) is 24.3 Å². The van der Waals surface area contributed by atoms with Crippen LogP contribution in [0.25, 0.3) is 0 Å². The monoisotopic (exact) mass is 374 g/mol. The molecule has 0 radical (unpaired) electrons. The lowest BCUT2D eigenvalue weighted by atomic mass is 9.87. The summed E-state index contributed by atoms with van der Waals surface area (Å²) in [6.07, 6.45) is 7.52. The molecule has 1 aromatic rings. The van der Waals surface area contributed by atoms with E-state index in [2.05, 4.69) is 43.1 Å². The lowest BCUT2D eigenvalue weighted by Gasteiger charge is -2.36. The molecule has 2 N–H and O–H groups in total. The van der Waals surface area contributed by atoms with E-state index in [0.29, 0.717) is 19.2 Å². The van der Waals surface area contributed by atoms with Crippen LogP contribution in [0.4, 0.5) is 0 Å². The summed E-state index contributed by atoms with van der Waals surface area (Å²) < 4.78 is 5.76. The number of nitrogens with zero attached hydrogens (tertiary/aromatic N) is 1. The Morgan fingerprint density at radius 2 is 1.70 bits per heavy atom. The number of aliphatic hydroxyl groups is 1. The highest BCUT2D eigenvalue weighted by atomic mass is 16.5. The van der Waals surface area contributed by atoms with E-state index >= 15 is 0 Å². The van der Waals surface area contributed by atoms with Crippen LogP contribution in [-0.2, 0) is 5.41 Å². The summed E-state index contributed by atoms with van der Waals surface area (Å²) in [5.41, 5.74) is 1.44. The van der Waals surface area contributed by atoms with E-state index in [4.69, 9.17) is 4.74 Å².